The Labute approximate surface area is 155 Å². The quantitative estimate of drug-likeness (QED) is 0.671. The molecule has 0 bridgehead atoms. The van der Waals surface area contributed by atoms with Crippen LogP contribution >= 0.6 is 22.9 Å². The first-order valence-corrected chi connectivity index (χ1v) is 9.06. The molecule has 25 heavy (non-hydrogen) atoms. The first-order valence-electron chi connectivity index (χ1n) is 7.80. The van der Waals surface area contributed by atoms with E-state index in [4.69, 9.17) is 16.3 Å². The fraction of sp³-hybridized carbons (Fsp3) is 0.158. The molecule has 2 aromatic carbocycles. The third kappa shape index (κ3) is 4.81. The summed E-state index contributed by atoms with van der Waals surface area (Å²) < 4.78 is 5.65. The molecular formula is C19H17ClN2O2S. The third-order valence-electron chi connectivity index (χ3n) is 3.59. The normalized spacial score (nSPS) is 11.8. The van der Waals surface area contributed by atoms with Gasteiger partial charge in [0.1, 0.15) is 23.1 Å². The number of benzene rings is 2. The molecule has 1 heterocycles. The van der Waals surface area contributed by atoms with E-state index < -0.39 is 0 Å². The van der Waals surface area contributed by atoms with Crippen LogP contribution in [0.25, 0.3) is 0 Å². The van der Waals surface area contributed by atoms with E-state index in [0.717, 1.165) is 10.6 Å². The minimum absolute atomic E-state index is 0.0819. The highest BCUT2D eigenvalue weighted by molar-refractivity contribution is 7.09. The number of aromatic nitrogens is 1. The van der Waals surface area contributed by atoms with Gasteiger partial charge in [-0.2, -0.15) is 0 Å². The Morgan fingerprint density at radius 3 is 2.80 bits per heavy atom. The van der Waals surface area contributed by atoms with Crippen LogP contribution in [-0.4, -0.2) is 10.9 Å². The molecule has 0 saturated carbocycles. The van der Waals surface area contributed by atoms with Gasteiger partial charge in [-0.3, -0.25) is 4.79 Å². The van der Waals surface area contributed by atoms with Crippen LogP contribution in [0.2, 0.25) is 5.02 Å². The number of amides is 1. The van der Waals surface area contributed by atoms with Crippen molar-refractivity contribution >= 4 is 28.8 Å². The van der Waals surface area contributed by atoms with Crippen molar-refractivity contribution in [1.29, 1.82) is 0 Å². The van der Waals surface area contributed by atoms with Crippen molar-refractivity contribution in [2.24, 2.45) is 0 Å². The second-order valence-electron chi connectivity index (χ2n) is 5.48. The lowest BCUT2D eigenvalue weighted by Crippen LogP contribution is -2.26. The highest BCUT2D eigenvalue weighted by atomic mass is 35.5. The molecule has 4 nitrogen and oxygen atoms in total. The highest BCUT2D eigenvalue weighted by Crippen LogP contribution is 2.20. The minimum atomic E-state index is -0.193. The summed E-state index contributed by atoms with van der Waals surface area (Å²) in [6.07, 6.45) is 0. The SMILES string of the molecule is CC(NC(=O)c1csc(COc2cccc(Cl)c2)n1)c1ccccc1. The molecular weight excluding hydrogens is 356 g/mol. The van der Waals surface area contributed by atoms with E-state index in [9.17, 15) is 4.79 Å². The van der Waals surface area contributed by atoms with Gasteiger partial charge in [-0.1, -0.05) is 48.0 Å². The maximum atomic E-state index is 12.3. The molecule has 0 saturated heterocycles. The van der Waals surface area contributed by atoms with Crippen LogP contribution in [0.5, 0.6) is 5.75 Å². The number of hydrogen-bond donors (Lipinski definition) is 1. The van der Waals surface area contributed by atoms with Gasteiger partial charge in [0, 0.05) is 10.4 Å². The predicted octanol–water partition coefficient (Wildman–Crippen LogP) is 4.87. The molecule has 0 radical (unpaired) electrons. The number of ether oxygens (including phenoxy) is 1. The Morgan fingerprint density at radius 2 is 2.04 bits per heavy atom. The van der Waals surface area contributed by atoms with Crippen molar-refractivity contribution in [3.8, 4) is 5.75 Å². The number of hydrogen-bond acceptors (Lipinski definition) is 4. The lowest BCUT2D eigenvalue weighted by atomic mass is 10.1. The number of nitrogens with zero attached hydrogens (tertiary/aromatic N) is 1. The van der Waals surface area contributed by atoms with Gasteiger partial charge >= 0.3 is 0 Å². The van der Waals surface area contributed by atoms with Crippen molar-refractivity contribution in [3.05, 3.63) is 81.3 Å². The van der Waals surface area contributed by atoms with Crippen LogP contribution < -0.4 is 10.1 Å². The van der Waals surface area contributed by atoms with Gasteiger partial charge in [0.2, 0.25) is 0 Å². The lowest BCUT2D eigenvalue weighted by Gasteiger charge is -2.13. The van der Waals surface area contributed by atoms with E-state index in [0.29, 0.717) is 23.1 Å². The molecule has 1 amide bonds. The third-order valence-corrected chi connectivity index (χ3v) is 4.65. The Bertz CT molecular complexity index is 851. The van der Waals surface area contributed by atoms with Gasteiger partial charge in [0.15, 0.2) is 0 Å². The topological polar surface area (TPSA) is 51.2 Å². The summed E-state index contributed by atoms with van der Waals surface area (Å²) in [7, 11) is 0. The lowest BCUT2D eigenvalue weighted by molar-refractivity contribution is 0.0935. The fourth-order valence-electron chi connectivity index (χ4n) is 2.28. The maximum Gasteiger partial charge on any atom is 0.271 e. The molecule has 128 valence electrons. The molecule has 1 aromatic heterocycles. The van der Waals surface area contributed by atoms with Crippen molar-refractivity contribution in [1.82, 2.24) is 10.3 Å². The number of halogens is 1. The van der Waals surface area contributed by atoms with Crippen LogP contribution in [0.4, 0.5) is 0 Å². The first kappa shape index (κ1) is 17.5. The second kappa shape index (κ2) is 8.14. The second-order valence-corrected chi connectivity index (χ2v) is 6.86. The van der Waals surface area contributed by atoms with Gasteiger partial charge in [-0.05, 0) is 30.7 Å². The predicted molar refractivity (Wildman–Crippen MR) is 100 cm³/mol. The number of nitrogens with one attached hydrogen (secondary N) is 1. The molecule has 0 spiro atoms. The monoisotopic (exact) mass is 372 g/mol. The van der Waals surface area contributed by atoms with E-state index in [1.165, 1.54) is 11.3 Å². The summed E-state index contributed by atoms with van der Waals surface area (Å²) in [6.45, 7) is 2.25. The Balaban J connectivity index is 1.58. The number of rotatable bonds is 6. The number of carbonyl (C=O) groups is 1. The molecule has 0 aliphatic rings. The van der Waals surface area contributed by atoms with Crippen molar-refractivity contribution < 1.29 is 9.53 Å². The van der Waals surface area contributed by atoms with Crippen LogP contribution in [-0.2, 0) is 6.61 Å². The largest absolute Gasteiger partial charge is 0.486 e. The van der Waals surface area contributed by atoms with Gasteiger partial charge in [0.25, 0.3) is 5.91 Å². The van der Waals surface area contributed by atoms with Gasteiger partial charge in [-0.25, -0.2) is 4.98 Å². The molecule has 0 fully saturated rings. The highest BCUT2D eigenvalue weighted by Gasteiger charge is 2.14. The summed E-state index contributed by atoms with van der Waals surface area (Å²) in [4.78, 5) is 16.7. The fourth-order valence-corrected chi connectivity index (χ4v) is 3.14. The average Bonchev–Trinajstić information content (AvgIpc) is 3.10. The molecule has 0 aliphatic carbocycles. The van der Waals surface area contributed by atoms with Crippen LogP contribution in [0.3, 0.4) is 0 Å². The summed E-state index contributed by atoms with van der Waals surface area (Å²) in [5, 5.41) is 6.04. The molecule has 1 N–H and O–H groups in total. The van der Waals surface area contributed by atoms with Crippen molar-refractivity contribution in [2.75, 3.05) is 0 Å². The molecule has 1 unspecified atom stereocenters. The van der Waals surface area contributed by atoms with Crippen LogP contribution in [0.1, 0.15) is 34.0 Å². The maximum absolute atomic E-state index is 12.3. The summed E-state index contributed by atoms with van der Waals surface area (Å²) in [5.74, 6) is 0.480. The number of thiazole rings is 1. The molecule has 1 atom stereocenters. The van der Waals surface area contributed by atoms with Gasteiger partial charge in [0.05, 0.1) is 6.04 Å². The summed E-state index contributed by atoms with van der Waals surface area (Å²) >= 11 is 7.32. The van der Waals surface area contributed by atoms with E-state index in [2.05, 4.69) is 10.3 Å². The van der Waals surface area contributed by atoms with Crippen molar-refractivity contribution in [2.45, 2.75) is 19.6 Å². The molecule has 6 heteroatoms. The zero-order chi connectivity index (χ0) is 17.6. The van der Waals surface area contributed by atoms with Gasteiger partial charge < -0.3 is 10.1 Å². The van der Waals surface area contributed by atoms with Crippen molar-refractivity contribution in [3.63, 3.8) is 0 Å². The first-order chi connectivity index (χ1) is 12.1. The average molecular weight is 373 g/mol. The summed E-state index contributed by atoms with van der Waals surface area (Å²) in [6, 6.07) is 16.9. The Kier molecular flexibility index (Phi) is 5.68. The Morgan fingerprint density at radius 1 is 1.24 bits per heavy atom. The number of carbonyl (C=O) groups excluding carboxylic acids is 1. The summed E-state index contributed by atoms with van der Waals surface area (Å²) in [5.41, 5.74) is 1.45. The van der Waals surface area contributed by atoms with Crippen LogP contribution in [0, 0.1) is 0 Å². The van der Waals surface area contributed by atoms with E-state index >= 15 is 0 Å². The standard InChI is InChI=1S/C19H17ClN2O2S/c1-13(14-6-3-2-4-7-14)21-19(23)17-12-25-18(22-17)11-24-16-9-5-8-15(20)10-16/h2-10,12-13H,11H2,1H3,(H,21,23). The van der Waals surface area contributed by atoms with E-state index in [-0.39, 0.29) is 11.9 Å². The minimum Gasteiger partial charge on any atom is -0.486 e. The van der Waals surface area contributed by atoms with E-state index in [1.807, 2.05) is 49.4 Å². The zero-order valence-electron chi connectivity index (χ0n) is 13.6. The van der Waals surface area contributed by atoms with Crippen LogP contribution in [0.15, 0.2) is 60.0 Å². The molecule has 0 aliphatic heterocycles. The molecule has 3 aromatic rings. The van der Waals surface area contributed by atoms with E-state index in [1.54, 1.807) is 17.5 Å². The zero-order valence-corrected chi connectivity index (χ0v) is 15.2. The Hall–Kier alpha value is -2.37. The smallest absolute Gasteiger partial charge is 0.271 e. The van der Waals surface area contributed by atoms with Gasteiger partial charge in [-0.15, -0.1) is 11.3 Å². The molecule has 3 rings (SSSR count).